The minimum Gasteiger partial charge on any atom is -0.0683 e. The zero-order chi connectivity index (χ0) is 11.6. The fourth-order valence-corrected chi connectivity index (χ4v) is 2.22. The lowest BCUT2D eigenvalue weighted by Gasteiger charge is -2.35. The van der Waals surface area contributed by atoms with Gasteiger partial charge >= 0.3 is 0 Å². The molecule has 0 aliphatic heterocycles. The van der Waals surface area contributed by atoms with Crippen LogP contribution in [0, 0.1) is 11.3 Å². The Morgan fingerprint density at radius 3 is 1.57 bits per heavy atom. The van der Waals surface area contributed by atoms with Crippen molar-refractivity contribution in [2.45, 2.75) is 80.6 Å². The first-order chi connectivity index (χ1) is 6.64. The van der Waals surface area contributed by atoms with E-state index in [9.17, 15) is 0 Å². The number of hydrogen-bond donors (Lipinski definition) is 0. The van der Waals surface area contributed by atoms with Gasteiger partial charge in [0.05, 0.1) is 0 Å². The first kappa shape index (κ1) is 16.4. The molecule has 0 saturated carbocycles. The maximum absolute atomic E-state index is 2.46. The Balaban J connectivity index is 0. The van der Waals surface area contributed by atoms with Gasteiger partial charge in [-0.1, -0.05) is 80.6 Å². The zero-order valence-corrected chi connectivity index (χ0v) is 11.6. The van der Waals surface area contributed by atoms with E-state index in [4.69, 9.17) is 0 Å². The van der Waals surface area contributed by atoms with Crippen LogP contribution >= 0.6 is 0 Å². The molecular formula is C14H32. The summed E-state index contributed by atoms with van der Waals surface area (Å²) in [6.45, 7) is 15.8. The molecule has 0 saturated heterocycles. The molecule has 0 fully saturated rings. The van der Waals surface area contributed by atoms with Gasteiger partial charge in [-0.25, -0.2) is 0 Å². The van der Waals surface area contributed by atoms with Crippen LogP contribution < -0.4 is 0 Å². The van der Waals surface area contributed by atoms with Crippen LogP contribution in [0.1, 0.15) is 80.6 Å². The van der Waals surface area contributed by atoms with E-state index in [0.717, 1.165) is 5.92 Å². The van der Waals surface area contributed by atoms with Gasteiger partial charge in [-0.3, -0.25) is 0 Å². The highest BCUT2D eigenvalue weighted by Crippen LogP contribution is 2.39. The highest BCUT2D eigenvalue weighted by Gasteiger charge is 2.28. The molecule has 0 aromatic heterocycles. The van der Waals surface area contributed by atoms with E-state index in [0.29, 0.717) is 5.41 Å². The van der Waals surface area contributed by atoms with E-state index in [-0.39, 0.29) is 0 Å². The van der Waals surface area contributed by atoms with Gasteiger partial charge < -0.3 is 0 Å². The van der Waals surface area contributed by atoms with Crippen LogP contribution in [0.25, 0.3) is 0 Å². The van der Waals surface area contributed by atoms with Crippen LogP contribution in [0.2, 0.25) is 0 Å². The molecule has 0 nitrogen and oxygen atoms in total. The highest BCUT2D eigenvalue weighted by atomic mass is 14.3. The van der Waals surface area contributed by atoms with Crippen molar-refractivity contribution in [1.29, 1.82) is 0 Å². The lowest BCUT2D eigenvalue weighted by atomic mass is 9.70. The molecule has 0 spiro atoms. The Hall–Kier alpha value is 0. The summed E-state index contributed by atoms with van der Waals surface area (Å²) >= 11 is 0. The van der Waals surface area contributed by atoms with Crippen molar-refractivity contribution in [2.75, 3.05) is 0 Å². The average molecular weight is 200 g/mol. The fraction of sp³-hybridized carbons (Fsp3) is 1.00. The van der Waals surface area contributed by atoms with Crippen molar-refractivity contribution in [2.24, 2.45) is 11.3 Å². The Labute approximate surface area is 92.5 Å². The maximum atomic E-state index is 2.46. The Kier molecular flexibility index (Phi) is 11.2. The summed E-state index contributed by atoms with van der Waals surface area (Å²) in [5.74, 6) is 0.942. The second-order valence-electron chi connectivity index (χ2n) is 4.25. The molecule has 1 atom stereocenters. The van der Waals surface area contributed by atoms with Gasteiger partial charge in [0.2, 0.25) is 0 Å². The smallest absolute Gasteiger partial charge is 0.0303 e. The van der Waals surface area contributed by atoms with Crippen molar-refractivity contribution < 1.29 is 0 Å². The van der Waals surface area contributed by atoms with Gasteiger partial charge in [-0.2, -0.15) is 0 Å². The predicted octanol–water partition coefficient (Wildman–Crippen LogP) is 5.67. The standard InChI is InChI=1S/C12H26.C2H6/c1-6-10-11(7-2)12(5,8-3)9-4;1-2/h11H,6-10H2,1-5H3;1-2H3. The van der Waals surface area contributed by atoms with E-state index >= 15 is 0 Å². The average Bonchev–Trinajstić information content (AvgIpc) is 2.27. The molecule has 1 unspecified atom stereocenters. The first-order valence-electron chi connectivity index (χ1n) is 6.64. The highest BCUT2D eigenvalue weighted by molar-refractivity contribution is 4.78. The molecule has 0 radical (unpaired) electrons. The molecule has 0 heterocycles. The van der Waals surface area contributed by atoms with Gasteiger partial charge in [0.1, 0.15) is 0 Å². The van der Waals surface area contributed by atoms with Gasteiger partial charge in [-0.15, -0.1) is 0 Å². The van der Waals surface area contributed by atoms with Crippen LogP contribution in [-0.4, -0.2) is 0 Å². The molecule has 0 rings (SSSR count). The second-order valence-corrected chi connectivity index (χ2v) is 4.25. The van der Waals surface area contributed by atoms with E-state index in [1.807, 2.05) is 13.8 Å². The largest absolute Gasteiger partial charge is 0.0683 e. The summed E-state index contributed by atoms with van der Waals surface area (Å²) in [7, 11) is 0. The first-order valence-corrected chi connectivity index (χ1v) is 6.64. The summed E-state index contributed by atoms with van der Waals surface area (Å²) in [5, 5.41) is 0. The minimum absolute atomic E-state index is 0.602. The van der Waals surface area contributed by atoms with Crippen LogP contribution in [0.15, 0.2) is 0 Å². The van der Waals surface area contributed by atoms with Crippen molar-refractivity contribution in [3.8, 4) is 0 Å². The molecule has 0 aliphatic carbocycles. The summed E-state index contributed by atoms with van der Waals surface area (Å²) in [6, 6.07) is 0. The molecule has 0 aromatic rings. The minimum atomic E-state index is 0.602. The SMILES string of the molecule is CC.CCCC(CC)C(C)(CC)CC. The normalized spacial score (nSPS) is 13.1. The summed E-state index contributed by atoms with van der Waals surface area (Å²) in [5.41, 5.74) is 0.602. The van der Waals surface area contributed by atoms with E-state index in [1.165, 1.54) is 32.1 Å². The molecule has 0 amide bonds. The molecule has 88 valence electrons. The quantitative estimate of drug-likeness (QED) is 0.518. The third-order valence-corrected chi connectivity index (χ3v) is 3.73. The summed E-state index contributed by atoms with van der Waals surface area (Å²) in [4.78, 5) is 0. The van der Waals surface area contributed by atoms with E-state index in [1.54, 1.807) is 0 Å². The molecule has 14 heavy (non-hydrogen) atoms. The van der Waals surface area contributed by atoms with Gasteiger partial charge in [0.15, 0.2) is 0 Å². The fourth-order valence-electron chi connectivity index (χ4n) is 2.22. The monoisotopic (exact) mass is 200 g/mol. The van der Waals surface area contributed by atoms with Crippen LogP contribution in [0.4, 0.5) is 0 Å². The molecule has 0 N–H and O–H groups in total. The molecule has 0 heteroatoms. The Morgan fingerprint density at radius 1 is 0.929 bits per heavy atom. The van der Waals surface area contributed by atoms with Crippen LogP contribution in [0.5, 0.6) is 0 Å². The van der Waals surface area contributed by atoms with Crippen LogP contribution in [0.3, 0.4) is 0 Å². The predicted molar refractivity (Wildman–Crippen MR) is 68.7 cm³/mol. The van der Waals surface area contributed by atoms with Crippen LogP contribution in [-0.2, 0) is 0 Å². The zero-order valence-electron chi connectivity index (χ0n) is 11.6. The maximum Gasteiger partial charge on any atom is -0.0303 e. The molecule has 0 bridgehead atoms. The van der Waals surface area contributed by atoms with Crippen molar-refractivity contribution in [3.63, 3.8) is 0 Å². The van der Waals surface area contributed by atoms with Gasteiger partial charge in [-0.05, 0) is 11.3 Å². The molecular weight excluding hydrogens is 168 g/mol. The second kappa shape index (κ2) is 9.55. The summed E-state index contributed by atoms with van der Waals surface area (Å²) < 4.78 is 0. The summed E-state index contributed by atoms with van der Waals surface area (Å²) in [6.07, 6.45) is 6.78. The molecule has 0 aliphatic rings. The Morgan fingerprint density at radius 2 is 1.36 bits per heavy atom. The van der Waals surface area contributed by atoms with Gasteiger partial charge in [0, 0.05) is 0 Å². The number of hydrogen-bond acceptors (Lipinski definition) is 0. The lowest BCUT2D eigenvalue weighted by Crippen LogP contribution is -2.25. The lowest BCUT2D eigenvalue weighted by molar-refractivity contribution is 0.151. The van der Waals surface area contributed by atoms with Crippen molar-refractivity contribution in [1.82, 2.24) is 0 Å². The van der Waals surface area contributed by atoms with Gasteiger partial charge in [0.25, 0.3) is 0 Å². The third-order valence-electron chi connectivity index (χ3n) is 3.73. The van der Waals surface area contributed by atoms with E-state index in [2.05, 4.69) is 34.6 Å². The van der Waals surface area contributed by atoms with Crippen molar-refractivity contribution >= 4 is 0 Å². The molecule has 0 aromatic carbocycles. The Bertz CT molecular complexity index is 101. The number of rotatable bonds is 6. The van der Waals surface area contributed by atoms with E-state index < -0.39 is 0 Å². The third kappa shape index (κ3) is 5.02. The topological polar surface area (TPSA) is 0 Å². The van der Waals surface area contributed by atoms with Crippen molar-refractivity contribution in [3.05, 3.63) is 0 Å².